The van der Waals surface area contributed by atoms with Gasteiger partial charge in [0, 0.05) is 51.6 Å². The van der Waals surface area contributed by atoms with Crippen LogP contribution in [0.2, 0.25) is 0 Å². The Bertz CT molecular complexity index is 1320. The van der Waals surface area contributed by atoms with E-state index in [0.717, 1.165) is 45.0 Å². The number of fused-ring (bicyclic) bond motifs is 2. The quantitative estimate of drug-likeness (QED) is 0.352. The van der Waals surface area contributed by atoms with Crippen LogP contribution in [0.15, 0.2) is 61.1 Å². The van der Waals surface area contributed by atoms with E-state index < -0.39 is 0 Å². The van der Waals surface area contributed by atoms with Gasteiger partial charge in [0.1, 0.15) is 11.6 Å². The van der Waals surface area contributed by atoms with Gasteiger partial charge in [0.25, 0.3) is 0 Å². The zero-order valence-electron chi connectivity index (χ0n) is 15.5. The summed E-state index contributed by atoms with van der Waals surface area (Å²) in [6.07, 6.45) is 7.00. The number of benzene rings is 2. The molecule has 0 spiro atoms. The monoisotopic (exact) mass is 386 g/mol. The molecular formula is C22H19FN6. The molecule has 0 aliphatic rings. The zero-order chi connectivity index (χ0) is 19.8. The number of H-pyrrole nitrogens is 2. The summed E-state index contributed by atoms with van der Waals surface area (Å²) >= 11 is 0. The largest absolute Gasteiger partial charge is 0.368 e. The number of nitrogens with zero attached hydrogens (tertiary/aromatic N) is 2. The van der Waals surface area contributed by atoms with E-state index in [2.05, 4.69) is 31.3 Å². The van der Waals surface area contributed by atoms with Crippen molar-refractivity contribution in [3.63, 3.8) is 0 Å². The first-order chi connectivity index (χ1) is 14.2. The molecule has 0 aliphatic carbocycles. The van der Waals surface area contributed by atoms with Gasteiger partial charge in [0.15, 0.2) is 0 Å². The summed E-state index contributed by atoms with van der Waals surface area (Å²) < 4.78 is 13.6. The molecule has 0 unspecified atom stereocenters. The number of aryl methyl sites for hydroxylation is 2. The van der Waals surface area contributed by atoms with Crippen LogP contribution >= 0.6 is 0 Å². The first-order valence-electron chi connectivity index (χ1n) is 9.37. The van der Waals surface area contributed by atoms with E-state index in [0.29, 0.717) is 12.2 Å². The second kappa shape index (κ2) is 6.94. The third-order valence-corrected chi connectivity index (χ3v) is 5.09. The predicted octanol–water partition coefficient (Wildman–Crippen LogP) is 4.69. The van der Waals surface area contributed by atoms with Crippen molar-refractivity contribution in [3.05, 3.63) is 78.0 Å². The maximum Gasteiger partial charge on any atom is 0.221 e. The van der Waals surface area contributed by atoms with Crippen molar-refractivity contribution in [2.45, 2.75) is 12.8 Å². The van der Waals surface area contributed by atoms with Crippen LogP contribution in [0, 0.1) is 5.82 Å². The minimum absolute atomic E-state index is 0.216. The number of nitrogens with two attached hydrogens (primary N) is 1. The van der Waals surface area contributed by atoms with Gasteiger partial charge in [0.2, 0.25) is 5.95 Å². The molecule has 5 rings (SSSR count). The third kappa shape index (κ3) is 3.38. The van der Waals surface area contributed by atoms with Gasteiger partial charge in [-0.3, -0.25) is 0 Å². The lowest BCUT2D eigenvalue weighted by Gasteiger charge is -2.11. The molecule has 0 bridgehead atoms. The second-order valence-corrected chi connectivity index (χ2v) is 7.01. The summed E-state index contributed by atoms with van der Waals surface area (Å²) in [5, 5.41) is 5.37. The molecule has 0 atom stereocenters. The molecule has 0 radical (unpaired) electrons. The number of aromatic nitrogens is 4. The van der Waals surface area contributed by atoms with E-state index in [1.807, 2.05) is 30.6 Å². The molecule has 0 amide bonds. The Balaban J connectivity index is 1.42. The molecule has 7 heteroatoms. The van der Waals surface area contributed by atoms with Gasteiger partial charge in [-0.25, -0.2) is 9.37 Å². The molecule has 5 N–H and O–H groups in total. The number of halogens is 1. The van der Waals surface area contributed by atoms with Gasteiger partial charge >= 0.3 is 0 Å². The normalized spacial score (nSPS) is 11.3. The van der Waals surface area contributed by atoms with E-state index in [1.54, 1.807) is 18.3 Å². The fraction of sp³-hybridized carbons (Fsp3) is 0.0909. The van der Waals surface area contributed by atoms with E-state index in [4.69, 9.17) is 5.73 Å². The summed E-state index contributed by atoms with van der Waals surface area (Å²) in [6.45, 7) is 0. The molecule has 0 fully saturated rings. The average Bonchev–Trinajstić information content (AvgIpc) is 3.33. The average molecular weight is 386 g/mol. The van der Waals surface area contributed by atoms with Crippen LogP contribution in [0.3, 0.4) is 0 Å². The van der Waals surface area contributed by atoms with E-state index in [-0.39, 0.29) is 11.8 Å². The van der Waals surface area contributed by atoms with Crippen LogP contribution in [0.25, 0.3) is 21.8 Å². The molecule has 5 aromatic rings. The maximum absolute atomic E-state index is 13.6. The molecule has 2 aromatic carbocycles. The molecule has 144 valence electrons. The third-order valence-electron chi connectivity index (χ3n) is 5.09. The fourth-order valence-corrected chi connectivity index (χ4v) is 3.61. The number of nitrogen functional groups attached to an aromatic ring is 1. The SMILES string of the molecule is Nc1ncc(CCc2c[nH]c3ccc(F)cc23)c(Nc2ccc3[nH]ccc3c2)n1. The topological polar surface area (TPSA) is 95.4 Å². The Hall–Kier alpha value is -3.87. The number of anilines is 3. The van der Waals surface area contributed by atoms with Crippen LogP contribution in [0.5, 0.6) is 0 Å². The van der Waals surface area contributed by atoms with Crippen molar-refractivity contribution in [3.8, 4) is 0 Å². The smallest absolute Gasteiger partial charge is 0.221 e. The molecule has 29 heavy (non-hydrogen) atoms. The first-order valence-corrected chi connectivity index (χ1v) is 9.37. The highest BCUT2D eigenvalue weighted by Crippen LogP contribution is 2.25. The molecule has 0 saturated carbocycles. The van der Waals surface area contributed by atoms with Crippen LogP contribution in [-0.2, 0) is 12.8 Å². The van der Waals surface area contributed by atoms with E-state index in [9.17, 15) is 4.39 Å². The van der Waals surface area contributed by atoms with Gasteiger partial charge in [-0.1, -0.05) is 0 Å². The first kappa shape index (κ1) is 17.2. The summed E-state index contributed by atoms with van der Waals surface area (Å²) in [5.74, 6) is 0.656. The predicted molar refractivity (Wildman–Crippen MR) is 114 cm³/mol. The van der Waals surface area contributed by atoms with Crippen LogP contribution < -0.4 is 11.1 Å². The minimum atomic E-state index is -0.239. The molecule has 0 aliphatic heterocycles. The van der Waals surface area contributed by atoms with Crippen LogP contribution in [0.4, 0.5) is 21.8 Å². The highest BCUT2D eigenvalue weighted by Gasteiger charge is 2.10. The summed E-state index contributed by atoms with van der Waals surface area (Å²) in [6, 6.07) is 12.9. The van der Waals surface area contributed by atoms with Crippen molar-refractivity contribution in [1.82, 2.24) is 19.9 Å². The molecule has 6 nitrogen and oxygen atoms in total. The zero-order valence-corrected chi connectivity index (χ0v) is 15.5. The summed E-state index contributed by atoms with van der Waals surface area (Å²) in [7, 11) is 0. The van der Waals surface area contributed by atoms with Gasteiger partial charge in [-0.15, -0.1) is 0 Å². The highest BCUT2D eigenvalue weighted by atomic mass is 19.1. The lowest BCUT2D eigenvalue weighted by atomic mass is 10.0. The van der Waals surface area contributed by atoms with Crippen molar-refractivity contribution in [2.75, 3.05) is 11.1 Å². The number of hydrogen-bond acceptors (Lipinski definition) is 4. The van der Waals surface area contributed by atoms with E-state index in [1.165, 1.54) is 6.07 Å². The van der Waals surface area contributed by atoms with Crippen LogP contribution in [0.1, 0.15) is 11.1 Å². The molecular weight excluding hydrogens is 367 g/mol. The molecule has 3 heterocycles. The lowest BCUT2D eigenvalue weighted by molar-refractivity contribution is 0.629. The summed E-state index contributed by atoms with van der Waals surface area (Å²) in [4.78, 5) is 14.9. The van der Waals surface area contributed by atoms with Crippen LogP contribution in [-0.4, -0.2) is 19.9 Å². The van der Waals surface area contributed by atoms with Crippen molar-refractivity contribution in [2.24, 2.45) is 0 Å². The Morgan fingerprint density at radius 1 is 0.966 bits per heavy atom. The number of nitrogens with one attached hydrogen (secondary N) is 3. The van der Waals surface area contributed by atoms with E-state index >= 15 is 0 Å². The Morgan fingerprint density at radius 3 is 2.76 bits per heavy atom. The van der Waals surface area contributed by atoms with Gasteiger partial charge in [0.05, 0.1) is 0 Å². The molecule has 3 aromatic heterocycles. The lowest BCUT2D eigenvalue weighted by Crippen LogP contribution is -2.05. The number of aromatic amines is 2. The van der Waals surface area contributed by atoms with Crippen molar-refractivity contribution < 1.29 is 4.39 Å². The second-order valence-electron chi connectivity index (χ2n) is 7.01. The molecule has 0 saturated heterocycles. The van der Waals surface area contributed by atoms with Crippen molar-refractivity contribution in [1.29, 1.82) is 0 Å². The van der Waals surface area contributed by atoms with Gasteiger partial charge < -0.3 is 21.0 Å². The standard InChI is InChI=1S/C22H19FN6/c23-16-3-5-20-18(10-16)14(11-26-20)1-2-15-12-27-22(24)29-21(15)28-17-4-6-19-13(9-17)7-8-25-19/h3-12,25-26H,1-2H2,(H3,24,27,28,29). The summed E-state index contributed by atoms with van der Waals surface area (Å²) in [5.41, 5.74) is 10.7. The highest BCUT2D eigenvalue weighted by molar-refractivity contribution is 5.84. The maximum atomic E-state index is 13.6. The number of hydrogen-bond donors (Lipinski definition) is 4. The Morgan fingerprint density at radius 2 is 1.83 bits per heavy atom. The number of rotatable bonds is 5. The minimum Gasteiger partial charge on any atom is -0.368 e. The fourth-order valence-electron chi connectivity index (χ4n) is 3.61. The van der Waals surface area contributed by atoms with Crippen molar-refractivity contribution >= 4 is 39.3 Å². The Labute approximate surface area is 166 Å². The van der Waals surface area contributed by atoms with Gasteiger partial charge in [-0.05, 0) is 60.9 Å². The Kier molecular flexibility index (Phi) is 4.13. The van der Waals surface area contributed by atoms with Gasteiger partial charge in [-0.2, -0.15) is 4.98 Å².